The zero-order chi connectivity index (χ0) is 22.4. The molecule has 31 heavy (non-hydrogen) atoms. The summed E-state index contributed by atoms with van der Waals surface area (Å²) in [7, 11) is -3.02. The molecule has 0 unspecified atom stereocenters. The third-order valence-corrected chi connectivity index (χ3v) is 6.77. The molecule has 1 aliphatic rings. The molecule has 2 aromatic heterocycles. The first-order valence-corrected chi connectivity index (χ1v) is 11.1. The van der Waals surface area contributed by atoms with Crippen LogP contribution in [0.5, 0.6) is 5.75 Å². The summed E-state index contributed by atoms with van der Waals surface area (Å²) < 4.78 is 63.3. The zero-order valence-electron chi connectivity index (χ0n) is 15.9. The largest absolute Gasteiger partial charge is 0.506 e. The van der Waals surface area contributed by atoms with Crippen molar-refractivity contribution in [1.29, 1.82) is 0 Å². The summed E-state index contributed by atoms with van der Waals surface area (Å²) in [5.41, 5.74) is -1.23. The van der Waals surface area contributed by atoms with Crippen LogP contribution < -0.4 is 5.32 Å². The molecule has 1 aromatic carbocycles. The first-order chi connectivity index (χ1) is 14.5. The number of carbonyl (C=O) groups excluding carboxylic acids is 1. The highest BCUT2D eigenvalue weighted by atomic mass is 32.2. The number of halogens is 3. The van der Waals surface area contributed by atoms with Crippen molar-refractivity contribution in [3.63, 3.8) is 0 Å². The Morgan fingerprint density at radius 3 is 2.58 bits per heavy atom. The predicted octanol–water partition coefficient (Wildman–Crippen LogP) is 3.16. The van der Waals surface area contributed by atoms with Gasteiger partial charge in [-0.1, -0.05) is 6.07 Å². The van der Waals surface area contributed by atoms with Crippen molar-refractivity contribution in [1.82, 2.24) is 14.8 Å². The molecule has 0 spiro atoms. The van der Waals surface area contributed by atoms with Gasteiger partial charge in [0.15, 0.2) is 0 Å². The lowest BCUT2D eigenvalue weighted by atomic mass is 10.1. The van der Waals surface area contributed by atoms with Crippen molar-refractivity contribution in [2.24, 2.45) is 0 Å². The minimum Gasteiger partial charge on any atom is -0.506 e. The molecule has 1 fully saturated rings. The highest BCUT2D eigenvalue weighted by Gasteiger charge is 2.33. The molecule has 3 heterocycles. The lowest BCUT2D eigenvalue weighted by molar-refractivity contribution is -0.141. The normalized spacial score (nSPS) is 17.0. The first kappa shape index (κ1) is 21.1. The average Bonchev–Trinajstić information content (AvgIpc) is 3.10. The third-order valence-electron chi connectivity index (χ3n) is 5.06. The third kappa shape index (κ3) is 4.48. The highest BCUT2D eigenvalue weighted by Crippen LogP contribution is 2.32. The van der Waals surface area contributed by atoms with Gasteiger partial charge in [0, 0.05) is 17.6 Å². The van der Waals surface area contributed by atoms with Crippen LogP contribution in [0, 0.1) is 0 Å². The topological polar surface area (TPSA) is 114 Å². The van der Waals surface area contributed by atoms with Crippen molar-refractivity contribution in [2.45, 2.75) is 25.1 Å². The number of aromatic hydroxyl groups is 1. The Hall–Kier alpha value is -3.15. The van der Waals surface area contributed by atoms with Crippen molar-refractivity contribution in [3.8, 4) is 5.75 Å². The second kappa shape index (κ2) is 7.52. The van der Waals surface area contributed by atoms with E-state index in [9.17, 15) is 31.5 Å². The first-order valence-electron chi connectivity index (χ1n) is 9.30. The van der Waals surface area contributed by atoms with Crippen LogP contribution >= 0.6 is 0 Å². The van der Waals surface area contributed by atoms with Gasteiger partial charge in [0.25, 0.3) is 5.91 Å². The van der Waals surface area contributed by atoms with Crippen LogP contribution in [0.4, 0.5) is 18.9 Å². The Kier molecular flexibility index (Phi) is 5.12. The molecular weight excluding hydrogens is 437 g/mol. The number of fused-ring (bicyclic) bond motifs is 1. The smallest absolute Gasteiger partial charge is 0.433 e. The molecule has 8 nitrogen and oxygen atoms in total. The quantitative estimate of drug-likeness (QED) is 0.588. The number of phenolic OH excluding ortho intramolecular Hbond substituents is 1. The van der Waals surface area contributed by atoms with Gasteiger partial charge in [0.05, 0.1) is 28.8 Å². The number of benzene rings is 1. The number of hydrogen-bond donors (Lipinski definition) is 2. The predicted molar refractivity (Wildman–Crippen MR) is 106 cm³/mol. The van der Waals surface area contributed by atoms with Crippen LogP contribution in [0.15, 0.2) is 36.5 Å². The van der Waals surface area contributed by atoms with Crippen LogP contribution in [-0.4, -0.2) is 45.7 Å². The van der Waals surface area contributed by atoms with Gasteiger partial charge in [-0.2, -0.15) is 18.3 Å². The minimum absolute atomic E-state index is 0.0116. The molecule has 0 saturated carbocycles. The van der Waals surface area contributed by atoms with E-state index in [0.717, 1.165) is 18.2 Å². The van der Waals surface area contributed by atoms with Gasteiger partial charge in [0.2, 0.25) is 0 Å². The van der Waals surface area contributed by atoms with E-state index in [1.165, 1.54) is 12.1 Å². The summed E-state index contributed by atoms with van der Waals surface area (Å²) in [5.74, 6) is -1.08. The highest BCUT2D eigenvalue weighted by molar-refractivity contribution is 7.91. The summed E-state index contributed by atoms with van der Waals surface area (Å²) in [6.07, 6.45) is -2.17. The number of sulfone groups is 1. The van der Waals surface area contributed by atoms with Gasteiger partial charge in [-0.25, -0.2) is 13.4 Å². The standard InChI is InChI=1S/C19H17F3N4O4S/c20-19(21,22)17-3-1-2-13(23-17)18(28)24-15-8-11-10-26(25-14(11)9-16(15)27)12-4-6-31(29,30)7-5-12/h1-3,8-10,12,27H,4-7H2,(H,24,28). The average molecular weight is 454 g/mol. The fourth-order valence-electron chi connectivity index (χ4n) is 3.41. The summed E-state index contributed by atoms with van der Waals surface area (Å²) in [5, 5.41) is 17.5. The van der Waals surface area contributed by atoms with E-state index < -0.39 is 33.3 Å². The van der Waals surface area contributed by atoms with E-state index in [-0.39, 0.29) is 29.0 Å². The van der Waals surface area contributed by atoms with Gasteiger partial charge in [-0.05, 0) is 31.0 Å². The molecule has 1 amide bonds. The van der Waals surface area contributed by atoms with Gasteiger partial charge >= 0.3 is 6.18 Å². The summed E-state index contributed by atoms with van der Waals surface area (Å²) in [6.45, 7) is 0. The SMILES string of the molecule is O=C(Nc1cc2cn(C3CCS(=O)(=O)CC3)nc2cc1O)c1cccc(C(F)(F)F)n1. The van der Waals surface area contributed by atoms with E-state index in [4.69, 9.17) is 0 Å². The molecule has 12 heteroatoms. The summed E-state index contributed by atoms with van der Waals surface area (Å²) >= 11 is 0. The fraction of sp³-hybridized carbons (Fsp3) is 0.316. The van der Waals surface area contributed by atoms with Crippen LogP contribution in [0.3, 0.4) is 0 Å². The monoisotopic (exact) mass is 454 g/mol. The minimum atomic E-state index is -4.69. The Bertz CT molecular complexity index is 1260. The molecule has 3 aromatic rings. The van der Waals surface area contributed by atoms with Gasteiger partial charge in [-0.15, -0.1) is 0 Å². The lowest BCUT2D eigenvalue weighted by Crippen LogP contribution is -2.25. The molecule has 0 atom stereocenters. The van der Waals surface area contributed by atoms with Gasteiger partial charge < -0.3 is 10.4 Å². The number of aromatic nitrogens is 3. The Labute approximate surface area is 174 Å². The molecule has 1 aliphatic heterocycles. The van der Waals surface area contributed by atoms with Crippen LogP contribution in [-0.2, 0) is 16.0 Å². The molecule has 164 valence electrons. The number of nitrogens with one attached hydrogen (secondary N) is 1. The number of pyridine rings is 1. The molecule has 1 saturated heterocycles. The second-order valence-electron chi connectivity index (χ2n) is 7.28. The number of anilines is 1. The van der Waals surface area contributed by atoms with Crippen LogP contribution in [0.25, 0.3) is 10.9 Å². The van der Waals surface area contributed by atoms with Gasteiger partial charge in [0.1, 0.15) is 27.0 Å². The number of nitrogens with zero attached hydrogens (tertiary/aromatic N) is 3. The van der Waals surface area contributed by atoms with Gasteiger partial charge in [-0.3, -0.25) is 9.48 Å². The maximum atomic E-state index is 12.8. The number of alkyl halides is 3. The Morgan fingerprint density at radius 2 is 1.90 bits per heavy atom. The van der Waals surface area contributed by atoms with E-state index in [1.54, 1.807) is 10.9 Å². The van der Waals surface area contributed by atoms with Crippen LogP contribution in [0.1, 0.15) is 35.1 Å². The number of hydrogen-bond acceptors (Lipinski definition) is 6. The number of carbonyl (C=O) groups is 1. The van der Waals surface area contributed by atoms with Crippen molar-refractivity contribution >= 4 is 32.3 Å². The second-order valence-corrected chi connectivity index (χ2v) is 9.58. The van der Waals surface area contributed by atoms with E-state index in [2.05, 4.69) is 15.4 Å². The summed E-state index contributed by atoms with van der Waals surface area (Å²) in [6, 6.07) is 5.62. The lowest BCUT2D eigenvalue weighted by Gasteiger charge is -2.22. The molecule has 0 aliphatic carbocycles. The Morgan fingerprint density at radius 1 is 1.19 bits per heavy atom. The number of phenols is 1. The van der Waals surface area contributed by atoms with Crippen molar-refractivity contribution in [2.75, 3.05) is 16.8 Å². The maximum Gasteiger partial charge on any atom is 0.433 e. The van der Waals surface area contributed by atoms with Crippen molar-refractivity contribution < 1.29 is 31.5 Å². The van der Waals surface area contributed by atoms with E-state index in [0.29, 0.717) is 23.7 Å². The molecule has 4 rings (SSSR count). The molecule has 0 radical (unpaired) electrons. The molecule has 2 N–H and O–H groups in total. The number of rotatable bonds is 3. The fourth-order valence-corrected chi connectivity index (χ4v) is 4.88. The maximum absolute atomic E-state index is 12.8. The number of amides is 1. The van der Waals surface area contributed by atoms with Crippen LogP contribution in [0.2, 0.25) is 0 Å². The zero-order valence-corrected chi connectivity index (χ0v) is 16.7. The van der Waals surface area contributed by atoms with Crippen molar-refractivity contribution in [3.05, 3.63) is 47.9 Å². The van der Waals surface area contributed by atoms with E-state index in [1.807, 2.05) is 0 Å². The molecular formula is C19H17F3N4O4S. The van der Waals surface area contributed by atoms with E-state index >= 15 is 0 Å². The Balaban J connectivity index is 1.57. The molecule has 0 bridgehead atoms. The summed E-state index contributed by atoms with van der Waals surface area (Å²) in [4.78, 5) is 15.7.